The Morgan fingerprint density at radius 3 is 2.44 bits per heavy atom. The lowest BCUT2D eigenvalue weighted by molar-refractivity contribution is 0.0950. The smallest absolute Gasteiger partial charge is 0.251 e. The van der Waals surface area contributed by atoms with Gasteiger partial charge in [-0.25, -0.2) is 0 Å². The SMILES string of the molecule is Cc1cc(C)cc(C(=O)NCC(C)C#N)c1. The largest absolute Gasteiger partial charge is 0.351 e. The Labute approximate surface area is 96.1 Å². The highest BCUT2D eigenvalue weighted by molar-refractivity contribution is 5.94. The molecule has 0 aliphatic heterocycles. The molecule has 0 radical (unpaired) electrons. The van der Waals surface area contributed by atoms with Gasteiger partial charge < -0.3 is 5.32 Å². The molecule has 16 heavy (non-hydrogen) atoms. The molecule has 3 heteroatoms. The number of carbonyl (C=O) groups is 1. The minimum Gasteiger partial charge on any atom is -0.351 e. The molecule has 1 rings (SSSR count). The van der Waals surface area contributed by atoms with Gasteiger partial charge in [-0.2, -0.15) is 5.26 Å². The maximum absolute atomic E-state index is 11.7. The summed E-state index contributed by atoms with van der Waals surface area (Å²) in [6.07, 6.45) is 0. The van der Waals surface area contributed by atoms with Crippen LogP contribution in [0.3, 0.4) is 0 Å². The molecule has 0 aliphatic rings. The quantitative estimate of drug-likeness (QED) is 0.842. The van der Waals surface area contributed by atoms with Gasteiger partial charge in [0, 0.05) is 12.1 Å². The minimum atomic E-state index is -0.158. The first-order chi connectivity index (χ1) is 7.52. The molecule has 0 bridgehead atoms. The Morgan fingerprint density at radius 2 is 1.94 bits per heavy atom. The molecule has 1 amide bonds. The highest BCUT2D eigenvalue weighted by Crippen LogP contribution is 2.08. The Morgan fingerprint density at radius 1 is 1.38 bits per heavy atom. The lowest BCUT2D eigenvalue weighted by atomic mass is 10.1. The molecule has 0 heterocycles. The van der Waals surface area contributed by atoms with Gasteiger partial charge in [0.25, 0.3) is 5.91 Å². The van der Waals surface area contributed by atoms with E-state index in [9.17, 15) is 4.79 Å². The van der Waals surface area contributed by atoms with Crippen molar-refractivity contribution in [3.63, 3.8) is 0 Å². The highest BCUT2D eigenvalue weighted by atomic mass is 16.1. The van der Waals surface area contributed by atoms with Crippen LogP contribution in [0.15, 0.2) is 18.2 Å². The monoisotopic (exact) mass is 216 g/mol. The van der Waals surface area contributed by atoms with Gasteiger partial charge in [-0.1, -0.05) is 17.2 Å². The van der Waals surface area contributed by atoms with Crippen LogP contribution in [0, 0.1) is 31.1 Å². The van der Waals surface area contributed by atoms with E-state index in [2.05, 4.69) is 11.4 Å². The molecule has 1 N–H and O–H groups in total. The third kappa shape index (κ3) is 3.39. The first-order valence-electron chi connectivity index (χ1n) is 5.29. The van der Waals surface area contributed by atoms with Crippen LogP contribution >= 0.6 is 0 Å². The average molecular weight is 216 g/mol. The van der Waals surface area contributed by atoms with E-state index >= 15 is 0 Å². The van der Waals surface area contributed by atoms with Crippen molar-refractivity contribution in [2.45, 2.75) is 20.8 Å². The second kappa shape index (κ2) is 5.32. The zero-order valence-electron chi connectivity index (χ0n) is 9.87. The second-order valence-corrected chi connectivity index (χ2v) is 4.12. The van der Waals surface area contributed by atoms with E-state index in [4.69, 9.17) is 5.26 Å². The summed E-state index contributed by atoms with van der Waals surface area (Å²) < 4.78 is 0. The first kappa shape index (κ1) is 12.3. The van der Waals surface area contributed by atoms with Gasteiger partial charge in [-0.15, -0.1) is 0 Å². The maximum Gasteiger partial charge on any atom is 0.251 e. The number of aryl methyl sites for hydroxylation is 2. The van der Waals surface area contributed by atoms with Gasteiger partial charge >= 0.3 is 0 Å². The topological polar surface area (TPSA) is 52.9 Å². The van der Waals surface area contributed by atoms with Crippen molar-refractivity contribution in [2.75, 3.05) is 6.54 Å². The second-order valence-electron chi connectivity index (χ2n) is 4.12. The number of benzene rings is 1. The molecule has 0 aromatic heterocycles. The molecule has 1 unspecified atom stereocenters. The molecule has 0 saturated carbocycles. The Kier molecular flexibility index (Phi) is 4.07. The number of nitriles is 1. The summed E-state index contributed by atoms with van der Waals surface area (Å²) in [7, 11) is 0. The Hall–Kier alpha value is -1.82. The number of nitrogens with zero attached hydrogens (tertiary/aromatic N) is 1. The Balaban J connectivity index is 2.70. The average Bonchev–Trinajstić information content (AvgIpc) is 2.23. The van der Waals surface area contributed by atoms with Crippen molar-refractivity contribution >= 4 is 5.91 Å². The van der Waals surface area contributed by atoms with Crippen LogP contribution in [-0.4, -0.2) is 12.5 Å². The van der Waals surface area contributed by atoms with Crippen molar-refractivity contribution < 1.29 is 4.79 Å². The fraction of sp³-hybridized carbons (Fsp3) is 0.385. The van der Waals surface area contributed by atoms with Crippen LogP contribution in [0.4, 0.5) is 0 Å². The molecule has 0 fully saturated rings. The molecule has 1 atom stereocenters. The zero-order chi connectivity index (χ0) is 12.1. The number of nitrogens with one attached hydrogen (secondary N) is 1. The van der Waals surface area contributed by atoms with E-state index in [0.29, 0.717) is 12.1 Å². The van der Waals surface area contributed by atoms with Crippen molar-refractivity contribution in [3.05, 3.63) is 34.9 Å². The predicted molar refractivity (Wildman–Crippen MR) is 63.0 cm³/mol. The molecule has 0 spiro atoms. The molecule has 0 saturated heterocycles. The number of rotatable bonds is 3. The number of amides is 1. The van der Waals surface area contributed by atoms with Crippen LogP contribution < -0.4 is 5.32 Å². The lowest BCUT2D eigenvalue weighted by Gasteiger charge is -2.07. The van der Waals surface area contributed by atoms with E-state index in [1.807, 2.05) is 32.0 Å². The normalized spacial score (nSPS) is 11.6. The summed E-state index contributed by atoms with van der Waals surface area (Å²) in [6, 6.07) is 7.80. The van der Waals surface area contributed by atoms with Gasteiger partial charge in [0.05, 0.1) is 12.0 Å². The first-order valence-corrected chi connectivity index (χ1v) is 5.29. The minimum absolute atomic E-state index is 0.117. The molecule has 84 valence electrons. The van der Waals surface area contributed by atoms with Crippen LogP contribution in [0.5, 0.6) is 0 Å². The molecular formula is C13H16N2O. The van der Waals surface area contributed by atoms with Crippen LogP contribution in [0.2, 0.25) is 0 Å². The van der Waals surface area contributed by atoms with E-state index in [1.165, 1.54) is 0 Å². The molecule has 1 aromatic carbocycles. The van der Waals surface area contributed by atoms with Gasteiger partial charge in [0.15, 0.2) is 0 Å². The van der Waals surface area contributed by atoms with E-state index in [1.54, 1.807) is 6.92 Å². The maximum atomic E-state index is 11.7. The summed E-state index contributed by atoms with van der Waals surface area (Å²) in [5.41, 5.74) is 2.79. The van der Waals surface area contributed by atoms with Crippen molar-refractivity contribution in [3.8, 4) is 6.07 Å². The lowest BCUT2D eigenvalue weighted by Crippen LogP contribution is -2.27. The van der Waals surface area contributed by atoms with Crippen molar-refractivity contribution in [2.24, 2.45) is 5.92 Å². The summed E-state index contributed by atoms with van der Waals surface area (Å²) in [6.45, 7) is 6.09. The Bertz CT molecular complexity index is 412. The van der Waals surface area contributed by atoms with E-state index < -0.39 is 0 Å². The van der Waals surface area contributed by atoms with Gasteiger partial charge in [-0.3, -0.25) is 4.79 Å². The third-order valence-electron chi connectivity index (χ3n) is 2.27. The van der Waals surface area contributed by atoms with Crippen molar-refractivity contribution in [1.29, 1.82) is 5.26 Å². The standard InChI is InChI=1S/C13H16N2O/c1-9-4-10(2)6-12(5-9)13(16)15-8-11(3)7-14/h4-6,11H,8H2,1-3H3,(H,15,16). The van der Waals surface area contributed by atoms with E-state index in [-0.39, 0.29) is 11.8 Å². The van der Waals surface area contributed by atoms with Gasteiger partial charge in [-0.05, 0) is 32.9 Å². The van der Waals surface area contributed by atoms with Crippen LogP contribution in [0.25, 0.3) is 0 Å². The summed E-state index contributed by atoms with van der Waals surface area (Å²) in [5, 5.41) is 11.3. The fourth-order valence-electron chi connectivity index (χ4n) is 1.50. The molecule has 3 nitrogen and oxygen atoms in total. The summed E-state index contributed by atoms with van der Waals surface area (Å²) in [5.74, 6) is -0.274. The van der Waals surface area contributed by atoms with Crippen molar-refractivity contribution in [1.82, 2.24) is 5.32 Å². The third-order valence-corrected chi connectivity index (χ3v) is 2.27. The fourth-order valence-corrected chi connectivity index (χ4v) is 1.50. The van der Waals surface area contributed by atoms with Crippen LogP contribution in [0.1, 0.15) is 28.4 Å². The number of hydrogen-bond acceptors (Lipinski definition) is 2. The zero-order valence-corrected chi connectivity index (χ0v) is 9.87. The van der Waals surface area contributed by atoms with Crippen LogP contribution in [-0.2, 0) is 0 Å². The summed E-state index contributed by atoms with van der Waals surface area (Å²) in [4.78, 5) is 11.7. The molecular weight excluding hydrogens is 200 g/mol. The highest BCUT2D eigenvalue weighted by Gasteiger charge is 2.07. The summed E-state index contributed by atoms with van der Waals surface area (Å²) >= 11 is 0. The number of carbonyl (C=O) groups excluding carboxylic acids is 1. The molecule has 0 aliphatic carbocycles. The molecule has 1 aromatic rings. The van der Waals surface area contributed by atoms with E-state index in [0.717, 1.165) is 11.1 Å². The van der Waals surface area contributed by atoms with Gasteiger partial charge in [0.1, 0.15) is 0 Å². The number of hydrogen-bond donors (Lipinski definition) is 1. The predicted octanol–water partition coefficient (Wildman–Crippen LogP) is 2.19. The van der Waals surface area contributed by atoms with Gasteiger partial charge in [0.2, 0.25) is 0 Å².